The maximum absolute atomic E-state index is 7.63. The van der Waals surface area contributed by atoms with Crippen LogP contribution in [0.1, 0.15) is 27.2 Å². The van der Waals surface area contributed by atoms with Gasteiger partial charge in [0.25, 0.3) is 0 Å². The smallest absolute Gasteiger partial charge is 0.122 e. The highest BCUT2D eigenvalue weighted by molar-refractivity contribution is 5.80. The molecule has 0 aromatic heterocycles. The second-order valence-electron chi connectivity index (χ2n) is 2.67. The quantitative estimate of drug-likeness (QED) is 0.376. The lowest BCUT2D eigenvalue weighted by molar-refractivity contribution is 0.163. The van der Waals surface area contributed by atoms with Crippen molar-refractivity contribution in [1.29, 1.82) is 5.41 Å². The summed E-state index contributed by atoms with van der Waals surface area (Å²) in [4.78, 5) is 2.00. The molecule has 3 heteroatoms. The Bertz CT molecular complexity index is 122. The van der Waals surface area contributed by atoms with E-state index >= 15 is 0 Å². The van der Waals surface area contributed by atoms with Crippen LogP contribution in [0.5, 0.6) is 0 Å². The van der Waals surface area contributed by atoms with Crippen molar-refractivity contribution in [2.75, 3.05) is 26.3 Å². The van der Waals surface area contributed by atoms with Crippen LogP contribution in [-0.2, 0) is 4.74 Å². The van der Waals surface area contributed by atoms with Gasteiger partial charge >= 0.3 is 0 Å². The molecule has 0 heterocycles. The first-order chi connectivity index (χ1) is 5.76. The fraction of sp³-hybridized carbons (Fsp3) is 0.889. The molecule has 1 N–H and O–H groups in total. The summed E-state index contributed by atoms with van der Waals surface area (Å²) in [6, 6.07) is 0. The summed E-state index contributed by atoms with van der Waals surface area (Å²) in [7, 11) is 0. The van der Waals surface area contributed by atoms with E-state index in [4.69, 9.17) is 10.1 Å². The maximum Gasteiger partial charge on any atom is 0.122 e. The number of hydrogen-bond acceptors (Lipinski definition) is 2. The summed E-state index contributed by atoms with van der Waals surface area (Å²) in [5.74, 6) is 0.591. The van der Waals surface area contributed by atoms with Crippen molar-refractivity contribution in [2.24, 2.45) is 0 Å². The van der Waals surface area contributed by atoms with Gasteiger partial charge in [-0.05, 0) is 20.3 Å². The first-order valence-corrected chi connectivity index (χ1v) is 4.66. The third kappa shape index (κ3) is 4.34. The van der Waals surface area contributed by atoms with Crippen LogP contribution in [0.2, 0.25) is 0 Å². The van der Waals surface area contributed by atoms with Gasteiger partial charge in [-0.2, -0.15) is 0 Å². The first kappa shape index (κ1) is 11.4. The van der Waals surface area contributed by atoms with Gasteiger partial charge in [0.1, 0.15) is 12.4 Å². The molecule has 0 saturated carbocycles. The van der Waals surface area contributed by atoms with E-state index in [2.05, 4.69) is 20.8 Å². The number of ether oxygens (including phenoxy) is 1. The Morgan fingerprint density at radius 1 is 1.25 bits per heavy atom. The molecule has 0 aliphatic heterocycles. The van der Waals surface area contributed by atoms with E-state index < -0.39 is 0 Å². The Hall–Kier alpha value is -0.570. The molecule has 0 fully saturated rings. The number of rotatable bonds is 6. The Morgan fingerprint density at radius 3 is 2.25 bits per heavy atom. The molecule has 0 aromatic rings. The second-order valence-corrected chi connectivity index (χ2v) is 2.67. The lowest BCUT2D eigenvalue weighted by atomic mass is 10.4. The molecule has 0 unspecified atom stereocenters. The van der Waals surface area contributed by atoms with E-state index in [0.717, 1.165) is 26.1 Å². The van der Waals surface area contributed by atoms with Gasteiger partial charge in [0, 0.05) is 19.7 Å². The molecule has 12 heavy (non-hydrogen) atoms. The van der Waals surface area contributed by atoms with Crippen LogP contribution in [0.3, 0.4) is 0 Å². The first-order valence-electron chi connectivity index (χ1n) is 4.66. The number of hydrogen-bond donors (Lipinski definition) is 1. The summed E-state index contributed by atoms with van der Waals surface area (Å²) < 4.78 is 5.26. The van der Waals surface area contributed by atoms with Crippen LogP contribution >= 0.6 is 0 Å². The van der Waals surface area contributed by atoms with Crippen LogP contribution in [0.4, 0.5) is 0 Å². The van der Waals surface area contributed by atoms with Crippen LogP contribution in [0.15, 0.2) is 0 Å². The molecule has 0 radical (unpaired) electrons. The summed E-state index contributed by atoms with van der Waals surface area (Å²) in [5.41, 5.74) is 0. The molecular formula is C9H20N2O. The van der Waals surface area contributed by atoms with Crippen molar-refractivity contribution < 1.29 is 4.74 Å². The van der Waals surface area contributed by atoms with Crippen LogP contribution in [0.25, 0.3) is 0 Å². The Balaban J connectivity index is 3.54. The fourth-order valence-electron chi connectivity index (χ4n) is 1.01. The molecule has 0 aliphatic rings. The zero-order valence-electron chi connectivity index (χ0n) is 8.39. The average molecular weight is 172 g/mol. The van der Waals surface area contributed by atoms with E-state index in [9.17, 15) is 0 Å². The molecule has 0 aromatic carbocycles. The highest BCUT2D eigenvalue weighted by Gasteiger charge is 2.03. The third-order valence-corrected chi connectivity index (χ3v) is 1.73. The summed E-state index contributed by atoms with van der Waals surface area (Å²) in [6.45, 7) is 9.17. The van der Waals surface area contributed by atoms with Crippen LogP contribution < -0.4 is 0 Å². The van der Waals surface area contributed by atoms with E-state index in [-0.39, 0.29) is 0 Å². The minimum absolute atomic E-state index is 0.454. The number of likely N-dealkylation sites (N-methyl/N-ethyl adjacent to an activating group) is 1. The Morgan fingerprint density at radius 2 is 1.83 bits per heavy atom. The van der Waals surface area contributed by atoms with Gasteiger partial charge in [-0.15, -0.1) is 0 Å². The fourth-order valence-corrected chi connectivity index (χ4v) is 1.01. The van der Waals surface area contributed by atoms with Gasteiger partial charge in [-0.25, -0.2) is 0 Å². The van der Waals surface area contributed by atoms with Crippen LogP contribution in [-0.4, -0.2) is 37.0 Å². The Labute approximate surface area is 75.2 Å². The Kier molecular flexibility index (Phi) is 6.76. The molecule has 0 bridgehead atoms. The van der Waals surface area contributed by atoms with Crippen molar-refractivity contribution in [3.63, 3.8) is 0 Å². The molecule has 0 amide bonds. The standard InChI is InChI=1S/C9H20N2O/c1-4-7-12-8-9(10)11(5-2)6-3/h10H,4-8H2,1-3H3. The number of nitrogens with zero attached hydrogens (tertiary/aromatic N) is 1. The largest absolute Gasteiger partial charge is 0.374 e. The van der Waals surface area contributed by atoms with Gasteiger partial charge in [-0.3, -0.25) is 5.41 Å². The van der Waals surface area contributed by atoms with Gasteiger partial charge in [0.05, 0.1) is 0 Å². The lowest BCUT2D eigenvalue weighted by Crippen LogP contribution is -2.33. The van der Waals surface area contributed by atoms with Crippen molar-refractivity contribution in [3.8, 4) is 0 Å². The molecule has 0 saturated heterocycles. The lowest BCUT2D eigenvalue weighted by Gasteiger charge is -2.21. The van der Waals surface area contributed by atoms with Gasteiger partial charge in [-0.1, -0.05) is 6.92 Å². The normalized spacial score (nSPS) is 9.92. The summed E-state index contributed by atoms with van der Waals surface area (Å²) >= 11 is 0. The third-order valence-electron chi connectivity index (χ3n) is 1.73. The van der Waals surface area contributed by atoms with Gasteiger partial charge in [0.15, 0.2) is 0 Å². The minimum Gasteiger partial charge on any atom is -0.374 e. The van der Waals surface area contributed by atoms with Gasteiger partial charge in [0.2, 0.25) is 0 Å². The monoisotopic (exact) mass is 172 g/mol. The van der Waals surface area contributed by atoms with E-state index in [1.165, 1.54) is 0 Å². The van der Waals surface area contributed by atoms with E-state index in [1.54, 1.807) is 0 Å². The number of amidine groups is 1. The molecule has 0 aliphatic carbocycles. The summed E-state index contributed by atoms with van der Waals surface area (Å²) in [5, 5.41) is 7.63. The number of nitrogens with one attached hydrogen (secondary N) is 1. The average Bonchev–Trinajstić information content (AvgIpc) is 2.07. The highest BCUT2D eigenvalue weighted by Crippen LogP contribution is 1.91. The van der Waals surface area contributed by atoms with Gasteiger partial charge < -0.3 is 9.64 Å². The summed E-state index contributed by atoms with van der Waals surface area (Å²) in [6.07, 6.45) is 1.02. The SMILES string of the molecule is CCCOCC(=N)N(CC)CC. The topological polar surface area (TPSA) is 36.3 Å². The minimum atomic E-state index is 0.454. The molecule has 0 rings (SSSR count). The van der Waals surface area contributed by atoms with Crippen molar-refractivity contribution in [3.05, 3.63) is 0 Å². The van der Waals surface area contributed by atoms with E-state index in [1.807, 2.05) is 4.90 Å². The zero-order valence-corrected chi connectivity index (χ0v) is 8.39. The second kappa shape index (κ2) is 7.10. The predicted molar refractivity (Wildman–Crippen MR) is 51.8 cm³/mol. The predicted octanol–water partition coefficient (Wildman–Crippen LogP) is 1.73. The molecule has 3 nitrogen and oxygen atoms in total. The maximum atomic E-state index is 7.63. The molecular weight excluding hydrogens is 152 g/mol. The molecule has 72 valence electrons. The van der Waals surface area contributed by atoms with Crippen molar-refractivity contribution >= 4 is 5.84 Å². The van der Waals surface area contributed by atoms with Crippen molar-refractivity contribution in [2.45, 2.75) is 27.2 Å². The van der Waals surface area contributed by atoms with Crippen molar-refractivity contribution in [1.82, 2.24) is 4.90 Å². The van der Waals surface area contributed by atoms with E-state index in [0.29, 0.717) is 12.4 Å². The van der Waals surface area contributed by atoms with Crippen LogP contribution in [0, 0.1) is 5.41 Å². The molecule has 0 atom stereocenters. The highest BCUT2D eigenvalue weighted by atomic mass is 16.5. The zero-order chi connectivity index (χ0) is 9.40. The molecule has 0 spiro atoms.